The van der Waals surface area contributed by atoms with Gasteiger partial charge in [0.05, 0.1) is 17.6 Å². The number of rotatable bonds is 5. The second kappa shape index (κ2) is 7.29. The van der Waals surface area contributed by atoms with E-state index in [2.05, 4.69) is 20.3 Å². The van der Waals surface area contributed by atoms with Crippen molar-refractivity contribution in [3.05, 3.63) is 72.4 Å². The molecule has 6 nitrogen and oxygen atoms in total. The summed E-state index contributed by atoms with van der Waals surface area (Å²) in [6.07, 6.45) is 1.60. The summed E-state index contributed by atoms with van der Waals surface area (Å²) >= 11 is 0. The molecule has 4 aromatic rings. The monoisotopic (exact) mass is 358 g/mol. The number of nitrogens with one attached hydrogen (secondary N) is 2. The first-order valence-corrected chi connectivity index (χ1v) is 8.69. The minimum absolute atomic E-state index is 0.270. The molecule has 2 aromatic heterocycles. The fourth-order valence-corrected chi connectivity index (χ4v) is 2.85. The van der Waals surface area contributed by atoms with E-state index >= 15 is 0 Å². The number of aromatic nitrogens is 3. The number of anilines is 1. The fraction of sp³-hybridized carbons (Fsp3) is 0.0952. The van der Waals surface area contributed by atoms with Crippen molar-refractivity contribution in [3.63, 3.8) is 0 Å². The predicted molar refractivity (Wildman–Crippen MR) is 105 cm³/mol. The van der Waals surface area contributed by atoms with Gasteiger partial charge in [-0.2, -0.15) is 0 Å². The highest BCUT2D eigenvalue weighted by Crippen LogP contribution is 2.24. The number of nitrogens with zero attached hydrogens (tertiary/aromatic N) is 2. The summed E-state index contributed by atoms with van der Waals surface area (Å²) < 4.78 is 5.44. The average Bonchev–Trinajstić information content (AvgIpc) is 3.13. The first-order valence-electron chi connectivity index (χ1n) is 8.69. The second-order valence-corrected chi connectivity index (χ2v) is 5.93. The molecule has 0 bridgehead atoms. The third kappa shape index (κ3) is 3.50. The Kier molecular flexibility index (Phi) is 4.53. The highest BCUT2D eigenvalue weighted by atomic mass is 16.5. The number of para-hydroxylation sites is 2. The summed E-state index contributed by atoms with van der Waals surface area (Å²) in [5.74, 6) is 0.808. The molecule has 0 fully saturated rings. The summed E-state index contributed by atoms with van der Waals surface area (Å²) in [6.45, 7) is 2.30. The number of benzene rings is 2. The molecular weight excluding hydrogens is 340 g/mol. The van der Waals surface area contributed by atoms with Gasteiger partial charge in [-0.05, 0) is 43.3 Å². The Labute approximate surface area is 156 Å². The van der Waals surface area contributed by atoms with Crippen molar-refractivity contribution in [2.45, 2.75) is 6.92 Å². The number of H-pyrrole nitrogens is 1. The van der Waals surface area contributed by atoms with Crippen molar-refractivity contribution >= 4 is 22.6 Å². The molecule has 1 amide bonds. The highest BCUT2D eigenvalue weighted by molar-refractivity contribution is 6.06. The maximum atomic E-state index is 12.6. The Bertz CT molecular complexity index is 1070. The van der Waals surface area contributed by atoms with Gasteiger partial charge in [0.2, 0.25) is 5.88 Å². The van der Waals surface area contributed by atoms with Crippen LogP contribution in [0.3, 0.4) is 0 Å². The number of carbonyl (C=O) groups is 1. The lowest BCUT2D eigenvalue weighted by Gasteiger charge is -2.10. The zero-order valence-electron chi connectivity index (χ0n) is 14.8. The number of hydrogen-bond acceptors (Lipinski definition) is 4. The van der Waals surface area contributed by atoms with Gasteiger partial charge < -0.3 is 15.0 Å². The first kappa shape index (κ1) is 16.8. The lowest BCUT2D eigenvalue weighted by molar-refractivity contribution is 0.102. The first-order chi connectivity index (χ1) is 13.2. The Morgan fingerprint density at radius 1 is 1.11 bits per heavy atom. The van der Waals surface area contributed by atoms with Crippen molar-refractivity contribution in [2.24, 2.45) is 0 Å². The lowest BCUT2D eigenvalue weighted by atomic mass is 10.2. The van der Waals surface area contributed by atoms with E-state index in [0.717, 1.165) is 22.4 Å². The second-order valence-electron chi connectivity index (χ2n) is 5.93. The van der Waals surface area contributed by atoms with Gasteiger partial charge in [-0.25, -0.2) is 9.97 Å². The molecule has 0 spiro atoms. The summed E-state index contributed by atoms with van der Waals surface area (Å²) in [7, 11) is 0. The van der Waals surface area contributed by atoms with Crippen LogP contribution in [0.1, 0.15) is 17.3 Å². The number of carbonyl (C=O) groups excluding carboxylic acids is 1. The van der Waals surface area contributed by atoms with Crippen LogP contribution in [0.25, 0.3) is 22.4 Å². The Balaban J connectivity index is 1.60. The Morgan fingerprint density at radius 3 is 2.85 bits per heavy atom. The number of pyridine rings is 1. The zero-order valence-corrected chi connectivity index (χ0v) is 14.8. The topological polar surface area (TPSA) is 79.9 Å². The van der Waals surface area contributed by atoms with Gasteiger partial charge in [0.25, 0.3) is 5.91 Å². The zero-order chi connectivity index (χ0) is 18.6. The Hall–Kier alpha value is -3.67. The maximum absolute atomic E-state index is 12.6. The van der Waals surface area contributed by atoms with E-state index < -0.39 is 0 Å². The van der Waals surface area contributed by atoms with Crippen LogP contribution in [0.2, 0.25) is 0 Å². The van der Waals surface area contributed by atoms with Gasteiger partial charge in [-0.15, -0.1) is 0 Å². The van der Waals surface area contributed by atoms with Crippen LogP contribution in [0, 0.1) is 0 Å². The van der Waals surface area contributed by atoms with E-state index in [0.29, 0.717) is 23.7 Å². The van der Waals surface area contributed by atoms with Crippen molar-refractivity contribution in [1.29, 1.82) is 0 Å². The summed E-state index contributed by atoms with van der Waals surface area (Å²) in [5, 5.41) is 2.90. The van der Waals surface area contributed by atoms with Gasteiger partial charge in [0.1, 0.15) is 11.4 Å². The van der Waals surface area contributed by atoms with Crippen LogP contribution < -0.4 is 10.1 Å². The molecule has 0 aliphatic heterocycles. The molecular formula is C21H18N4O2. The third-order valence-electron chi connectivity index (χ3n) is 4.08. The molecule has 0 aliphatic carbocycles. The van der Waals surface area contributed by atoms with Crippen LogP contribution in [0.4, 0.5) is 5.69 Å². The lowest BCUT2D eigenvalue weighted by Crippen LogP contribution is -2.14. The molecule has 2 N–H and O–H groups in total. The summed E-state index contributed by atoms with van der Waals surface area (Å²) in [5.41, 5.74) is 3.83. The highest BCUT2D eigenvalue weighted by Gasteiger charge is 2.14. The number of amides is 1. The van der Waals surface area contributed by atoms with Crippen LogP contribution in [-0.2, 0) is 0 Å². The third-order valence-corrected chi connectivity index (χ3v) is 4.08. The van der Waals surface area contributed by atoms with Crippen LogP contribution in [0.5, 0.6) is 5.88 Å². The smallest absolute Gasteiger partial charge is 0.261 e. The van der Waals surface area contributed by atoms with E-state index in [1.807, 2.05) is 55.5 Å². The minimum atomic E-state index is -0.270. The molecule has 6 heteroatoms. The van der Waals surface area contributed by atoms with E-state index in [9.17, 15) is 4.79 Å². The van der Waals surface area contributed by atoms with E-state index in [-0.39, 0.29) is 5.91 Å². The van der Waals surface area contributed by atoms with Crippen molar-refractivity contribution in [2.75, 3.05) is 11.9 Å². The van der Waals surface area contributed by atoms with Crippen LogP contribution in [-0.4, -0.2) is 27.5 Å². The number of imidazole rings is 1. The van der Waals surface area contributed by atoms with Crippen molar-refractivity contribution in [3.8, 4) is 17.3 Å². The quantitative estimate of drug-likeness (QED) is 0.558. The Morgan fingerprint density at radius 2 is 2.00 bits per heavy atom. The molecule has 27 heavy (non-hydrogen) atoms. The van der Waals surface area contributed by atoms with Gasteiger partial charge in [-0.1, -0.05) is 24.3 Å². The molecule has 4 rings (SSSR count). The molecule has 0 saturated carbocycles. The van der Waals surface area contributed by atoms with Gasteiger partial charge >= 0.3 is 0 Å². The van der Waals surface area contributed by atoms with Crippen molar-refractivity contribution < 1.29 is 9.53 Å². The molecule has 0 radical (unpaired) electrons. The standard InChI is InChI=1S/C21H18N4O2/c1-2-27-21-16(9-6-12-22-21)20(26)23-15-8-5-7-14(13-15)19-24-17-10-3-4-11-18(17)25-19/h3-13H,2H2,1H3,(H,23,26)(H,24,25). The molecule has 0 saturated heterocycles. The molecule has 2 heterocycles. The van der Waals surface area contributed by atoms with E-state index in [1.165, 1.54) is 0 Å². The van der Waals surface area contributed by atoms with E-state index in [4.69, 9.17) is 4.74 Å². The van der Waals surface area contributed by atoms with Gasteiger partial charge in [0.15, 0.2) is 0 Å². The average molecular weight is 358 g/mol. The van der Waals surface area contributed by atoms with Gasteiger partial charge in [0, 0.05) is 17.4 Å². The van der Waals surface area contributed by atoms with Crippen molar-refractivity contribution in [1.82, 2.24) is 15.0 Å². The molecule has 0 atom stereocenters. The van der Waals surface area contributed by atoms with E-state index in [1.54, 1.807) is 18.3 Å². The molecule has 0 unspecified atom stereocenters. The minimum Gasteiger partial charge on any atom is -0.477 e. The molecule has 134 valence electrons. The van der Waals surface area contributed by atoms with Crippen LogP contribution >= 0.6 is 0 Å². The summed E-state index contributed by atoms with van der Waals surface area (Å²) in [4.78, 5) is 24.7. The fourth-order valence-electron chi connectivity index (χ4n) is 2.85. The number of fused-ring (bicyclic) bond motifs is 1. The summed E-state index contributed by atoms with van der Waals surface area (Å²) in [6, 6.07) is 18.8. The maximum Gasteiger partial charge on any atom is 0.261 e. The number of ether oxygens (including phenoxy) is 1. The predicted octanol–water partition coefficient (Wildman–Crippen LogP) is 4.28. The number of hydrogen-bond donors (Lipinski definition) is 2. The molecule has 2 aromatic carbocycles. The largest absolute Gasteiger partial charge is 0.477 e. The van der Waals surface area contributed by atoms with Crippen LogP contribution in [0.15, 0.2) is 66.9 Å². The SMILES string of the molecule is CCOc1ncccc1C(=O)Nc1cccc(-c2nc3ccccc3[nH]2)c1. The normalized spacial score (nSPS) is 10.7. The van der Waals surface area contributed by atoms with Gasteiger partial charge in [-0.3, -0.25) is 4.79 Å². The molecule has 0 aliphatic rings. The number of aromatic amines is 1.